The van der Waals surface area contributed by atoms with Gasteiger partial charge in [-0.05, 0) is 62.7 Å². The van der Waals surface area contributed by atoms with Crippen molar-refractivity contribution in [3.05, 3.63) is 63.3 Å². The molecule has 128 valence electrons. The van der Waals surface area contributed by atoms with Crippen LogP contribution >= 0.6 is 11.6 Å². The summed E-state index contributed by atoms with van der Waals surface area (Å²) in [6.45, 7) is 4.94. The zero-order chi connectivity index (χ0) is 18.1. The summed E-state index contributed by atoms with van der Waals surface area (Å²) in [6, 6.07) is 12.2. The largest absolute Gasteiger partial charge is 0.475 e. The van der Waals surface area contributed by atoms with Gasteiger partial charge >= 0.3 is 0 Å². The van der Waals surface area contributed by atoms with Gasteiger partial charge in [0.15, 0.2) is 17.6 Å². The smallest absolute Gasteiger partial charge is 0.235 e. The van der Waals surface area contributed by atoms with Crippen LogP contribution in [0.3, 0.4) is 0 Å². The third-order valence-electron chi connectivity index (χ3n) is 3.98. The molecule has 1 aromatic heterocycles. The number of fused-ring (bicyclic) bond motifs is 1. The van der Waals surface area contributed by atoms with Crippen molar-refractivity contribution in [3.8, 4) is 17.1 Å². The van der Waals surface area contributed by atoms with E-state index in [1.165, 1.54) is 6.92 Å². The van der Waals surface area contributed by atoms with Crippen LogP contribution in [0.25, 0.3) is 22.3 Å². The maximum absolute atomic E-state index is 12.9. The third kappa shape index (κ3) is 3.44. The van der Waals surface area contributed by atoms with Crippen molar-refractivity contribution in [1.82, 2.24) is 0 Å². The van der Waals surface area contributed by atoms with Gasteiger partial charge in [-0.25, -0.2) is 0 Å². The third-order valence-corrected chi connectivity index (χ3v) is 4.23. The van der Waals surface area contributed by atoms with E-state index in [2.05, 4.69) is 0 Å². The number of carbonyl (C=O) groups is 1. The number of halogens is 1. The molecule has 0 aliphatic carbocycles. The van der Waals surface area contributed by atoms with E-state index >= 15 is 0 Å². The molecule has 0 bridgehead atoms. The van der Waals surface area contributed by atoms with Gasteiger partial charge in [0.1, 0.15) is 5.58 Å². The molecule has 0 aliphatic rings. The summed E-state index contributed by atoms with van der Waals surface area (Å²) in [7, 11) is 0. The van der Waals surface area contributed by atoms with Crippen LogP contribution in [0.15, 0.2) is 51.7 Å². The molecule has 0 saturated carbocycles. The first kappa shape index (κ1) is 17.2. The molecule has 0 amide bonds. The molecule has 1 atom stereocenters. The van der Waals surface area contributed by atoms with Crippen LogP contribution in [0.2, 0.25) is 5.02 Å². The van der Waals surface area contributed by atoms with E-state index in [0.717, 1.165) is 5.56 Å². The SMILES string of the molecule is CC(=O)[C@H](C)Oc1c(-c2ccc(Cl)cc2)oc2cc(C)ccc2c1=O. The van der Waals surface area contributed by atoms with E-state index in [-0.39, 0.29) is 22.7 Å². The fraction of sp³-hybridized carbons (Fsp3) is 0.200. The first-order valence-corrected chi connectivity index (χ1v) is 8.25. The minimum atomic E-state index is -0.753. The van der Waals surface area contributed by atoms with Gasteiger partial charge in [0.2, 0.25) is 11.2 Å². The van der Waals surface area contributed by atoms with E-state index in [1.54, 1.807) is 43.3 Å². The van der Waals surface area contributed by atoms with Gasteiger partial charge in [0.25, 0.3) is 0 Å². The van der Waals surface area contributed by atoms with Crippen LogP contribution in [-0.4, -0.2) is 11.9 Å². The first-order valence-electron chi connectivity index (χ1n) is 7.87. The Morgan fingerprint density at radius 2 is 1.84 bits per heavy atom. The Morgan fingerprint density at radius 3 is 2.48 bits per heavy atom. The van der Waals surface area contributed by atoms with Crippen LogP contribution in [-0.2, 0) is 4.79 Å². The molecule has 5 heteroatoms. The Bertz CT molecular complexity index is 1000. The maximum Gasteiger partial charge on any atom is 0.235 e. The Morgan fingerprint density at radius 1 is 1.16 bits per heavy atom. The van der Waals surface area contributed by atoms with Gasteiger partial charge in [-0.15, -0.1) is 0 Å². The lowest BCUT2D eigenvalue weighted by molar-refractivity contribution is -0.122. The Hall–Kier alpha value is -2.59. The quantitative estimate of drug-likeness (QED) is 0.675. The topological polar surface area (TPSA) is 56.5 Å². The van der Waals surface area contributed by atoms with Crippen LogP contribution in [0, 0.1) is 6.92 Å². The Labute approximate surface area is 150 Å². The molecule has 1 heterocycles. The number of aryl methyl sites for hydroxylation is 1. The normalized spacial score (nSPS) is 12.2. The molecule has 0 radical (unpaired) electrons. The number of ether oxygens (including phenoxy) is 1. The van der Waals surface area contributed by atoms with Gasteiger partial charge in [-0.1, -0.05) is 17.7 Å². The number of benzene rings is 2. The molecular formula is C20H17ClO4. The van der Waals surface area contributed by atoms with E-state index in [9.17, 15) is 9.59 Å². The molecule has 0 aliphatic heterocycles. The lowest BCUT2D eigenvalue weighted by Crippen LogP contribution is -2.24. The predicted octanol–water partition coefficient (Wildman–Crippen LogP) is 4.78. The lowest BCUT2D eigenvalue weighted by Gasteiger charge is -2.15. The highest BCUT2D eigenvalue weighted by atomic mass is 35.5. The first-order chi connectivity index (χ1) is 11.9. The molecule has 3 aromatic rings. The van der Waals surface area contributed by atoms with Crippen molar-refractivity contribution in [2.75, 3.05) is 0 Å². The average molecular weight is 357 g/mol. The van der Waals surface area contributed by atoms with Crippen molar-refractivity contribution >= 4 is 28.4 Å². The van der Waals surface area contributed by atoms with Gasteiger partial charge in [-0.3, -0.25) is 9.59 Å². The maximum atomic E-state index is 12.9. The minimum Gasteiger partial charge on any atom is -0.475 e. The number of hydrogen-bond acceptors (Lipinski definition) is 4. The Balaban J connectivity index is 2.29. The fourth-order valence-corrected chi connectivity index (χ4v) is 2.57. The highest BCUT2D eigenvalue weighted by molar-refractivity contribution is 6.30. The van der Waals surface area contributed by atoms with Gasteiger partial charge in [0.05, 0.1) is 5.39 Å². The summed E-state index contributed by atoms with van der Waals surface area (Å²) in [5.74, 6) is 0.139. The van der Waals surface area contributed by atoms with Crippen LogP contribution in [0.4, 0.5) is 0 Å². The monoisotopic (exact) mass is 356 g/mol. The average Bonchev–Trinajstić information content (AvgIpc) is 2.57. The van der Waals surface area contributed by atoms with Crippen LogP contribution in [0.1, 0.15) is 19.4 Å². The highest BCUT2D eigenvalue weighted by Gasteiger charge is 2.21. The van der Waals surface area contributed by atoms with Crippen molar-refractivity contribution < 1.29 is 13.9 Å². The number of ketones is 1. The Kier molecular flexibility index (Phi) is 4.64. The molecule has 0 fully saturated rings. The summed E-state index contributed by atoms with van der Waals surface area (Å²) >= 11 is 5.94. The molecule has 3 rings (SSSR count). The number of carbonyl (C=O) groups excluding carboxylic acids is 1. The summed E-state index contributed by atoms with van der Waals surface area (Å²) in [4.78, 5) is 24.5. The van der Waals surface area contributed by atoms with E-state index in [1.807, 2.05) is 13.0 Å². The standard InChI is InChI=1S/C20H17ClO4/c1-11-4-9-16-17(10-11)25-19(14-5-7-15(21)8-6-14)20(18(16)23)24-13(3)12(2)22/h4-10,13H,1-3H3/t13-/m0/s1. The van der Waals surface area contributed by atoms with Gasteiger partial charge in [0, 0.05) is 10.6 Å². The van der Waals surface area contributed by atoms with Crippen molar-refractivity contribution in [2.45, 2.75) is 26.9 Å². The second-order valence-electron chi connectivity index (χ2n) is 5.97. The predicted molar refractivity (Wildman–Crippen MR) is 98.4 cm³/mol. The summed E-state index contributed by atoms with van der Waals surface area (Å²) in [5, 5.41) is 0.983. The molecule has 0 saturated heterocycles. The summed E-state index contributed by atoms with van der Waals surface area (Å²) in [5.41, 5.74) is 1.79. The second kappa shape index (κ2) is 6.73. The van der Waals surface area contributed by atoms with E-state index in [4.69, 9.17) is 20.8 Å². The van der Waals surface area contributed by atoms with Crippen molar-refractivity contribution in [1.29, 1.82) is 0 Å². The molecule has 25 heavy (non-hydrogen) atoms. The number of hydrogen-bond donors (Lipinski definition) is 0. The van der Waals surface area contributed by atoms with Gasteiger partial charge < -0.3 is 9.15 Å². The van der Waals surface area contributed by atoms with Gasteiger partial charge in [-0.2, -0.15) is 0 Å². The van der Waals surface area contributed by atoms with Crippen molar-refractivity contribution in [3.63, 3.8) is 0 Å². The number of Topliss-reactive ketones (excluding diaryl/α,β-unsaturated/α-hetero) is 1. The lowest BCUT2D eigenvalue weighted by atomic mass is 10.1. The molecule has 0 unspecified atom stereocenters. The minimum absolute atomic E-state index is 0.0291. The van der Waals surface area contributed by atoms with Crippen LogP contribution in [0.5, 0.6) is 5.75 Å². The summed E-state index contributed by atoms with van der Waals surface area (Å²) in [6.07, 6.45) is -0.753. The molecular weight excluding hydrogens is 340 g/mol. The fourth-order valence-electron chi connectivity index (χ4n) is 2.44. The summed E-state index contributed by atoms with van der Waals surface area (Å²) < 4.78 is 11.7. The zero-order valence-corrected chi connectivity index (χ0v) is 14.9. The molecule has 0 N–H and O–H groups in total. The van der Waals surface area contributed by atoms with Crippen molar-refractivity contribution in [2.24, 2.45) is 0 Å². The molecule has 0 spiro atoms. The molecule has 2 aromatic carbocycles. The van der Waals surface area contributed by atoms with Crippen LogP contribution < -0.4 is 10.2 Å². The number of rotatable bonds is 4. The second-order valence-corrected chi connectivity index (χ2v) is 6.40. The highest BCUT2D eigenvalue weighted by Crippen LogP contribution is 2.32. The van der Waals surface area contributed by atoms with E-state index < -0.39 is 6.10 Å². The molecule has 4 nitrogen and oxygen atoms in total. The van der Waals surface area contributed by atoms with E-state index in [0.29, 0.717) is 21.6 Å². The zero-order valence-electron chi connectivity index (χ0n) is 14.1.